The molecule has 3 unspecified atom stereocenters. The van der Waals surface area contributed by atoms with Crippen molar-refractivity contribution in [3.8, 4) is 0 Å². The molecule has 0 amide bonds. The Labute approximate surface area is 115 Å². The van der Waals surface area contributed by atoms with Gasteiger partial charge < -0.3 is 4.74 Å². The number of thiophene rings is 1. The van der Waals surface area contributed by atoms with E-state index in [9.17, 15) is 0 Å². The van der Waals surface area contributed by atoms with Gasteiger partial charge in [0.1, 0.15) is 0 Å². The fourth-order valence-electron chi connectivity index (χ4n) is 1.73. The summed E-state index contributed by atoms with van der Waals surface area (Å²) in [6.45, 7) is 2.12. The minimum atomic E-state index is 0.260. The van der Waals surface area contributed by atoms with Crippen LogP contribution in [0.1, 0.15) is 29.5 Å². The van der Waals surface area contributed by atoms with Crippen LogP contribution in [0.2, 0.25) is 5.02 Å². The van der Waals surface area contributed by atoms with E-state index in [0.29, 0.717) is 6.10 Å². The zero-order valence-corrected chi connectivity index (χ0v) is 12.9. The van der Waals surface area contributed by atoms with E-state index in [2.05, 4.69) is 38.8 Å². The first-order valence-corrected chi connectivity index (χ1v) is 7.72. The summed E-state index contributed by atoms with van der Waals surface area (Å²) in [5, 5.41) is 0.783. The smallest absolute Gasteiger partial charge is 0.0887 e. The third-order valence-electron chi connectivity index (χ3n) is 2.53. The topological polar surface area (TPSA) is 9.23 Å². The van der Waals surface area contributed by atoms with Crippen LogP contribution >= 0.6 is 54.8 Å². The summed E-state index contributed by atoms with van der Waals surface area (Å²) in [5.74, 6) is 0. The van der Waals surface area contributed by atoms with Crippen molar-refractivity contribution < 1.29 is 4.74 Å². The molecule has 0 saturated carbocycles. The quantitative estimate of drug-likeness (QED) is 0.649. The van der Waals surface area contributed by atoms with E-state index < -0.39 is 0 Å². The second-order valence-electron chi connectivity index (χ2n) is 3.73. The molecule has 84 valence electrons. The minimum absolute atomic E-state index is 0.260. The normalized spacial score (nSPS) is 28.3. The lowest BCUT2D eigenvalue weighted by Crippen LogP contribution is -2.13. The van der Waals surface area contributed by atoms with Crippen molar-refractivity contribution in [2.45, 2.75) is 36.8 Å². The van der Waals surface area contributed by atoms with Crippen LogP contribution in [0.3, 0.4) is 0 Å². The summed E-state index contributed by atoms with van der Waals surface area (Å²) in [6, 6.07) is 2.00. The molecule has 1 nitrogen and oxygen atoms in total. The van der Waals surface area contributed by atoms with Crippen LogP contribution in [0.5, 0.6) is 0 Å². The molecule has 1 saturated heterocycles. The number of alkyl halides is 1. The summed E-state index contributed by atoms with van der Waals surface area (Å²) >= 11 is 14.8. The van der Waals surface area contributed by atoms with Gasteiger partial charge in [0.2, 0.25) is 0 Å². The first kappa shape index (κ1) is 12.4. The lowest BCUT2D eigenvalue weighted by molar-refractivity contribution is 0.0561. The molecule has 1 fully saturated rings. The second kappa shape index (κ2) is 5.05. The van der Waals surface area contributed by atoms with Gasteiger partial charge in [-0.2, -0.15) is 0 Å². The molecule has 0 aromatic carbocycles. The molecule has 0 aliphatic carbocycles. The van der Waals surface area contributed by atoms with Crippen LogP contribution < -0.4 is 0 Å². The number of hydrogen-bond donors (Lipinski definition) is 0. The Hall–Kier alpha value is 0.910. The summed E-state index contributed by atoms with van der Waals surface area (Å²) in [4.78, 5) is 1.49. The predicted molar refractivity (Wildman–Crippen MR) is 72.3 cm³/mol. The van der Waals surface area contributed by atoms with Crippen molar-refractivity contribution in [1.82, 2.24) is 0 Å². The highest BCUT2D eigenvalue weighted by Gasteiger charge is 2.30. The Morgan fingerprint density at radius 3 is 2.80 bits per heavy atom. The average molecular weight is 375 g/mol. The van der Waals surface area contributed by atoms with E-state index >= 15 is 0 Å². The van der Waals surface area contributed by atoms with Crippen molar-refractivity contribution in [3.63, 3.8) is 0 Å². The average Bonchev–Trinajstić information content (AvgIpc) is 2.74. The molecule has 0 spiro atoms. The van der Waals surface area contributed by atoms with Crippen molar-refractivity contribution >= 4 is 54.8 Å². The SMILES string of the molecule is CC1CCC(C(Br)c2cc(Cl)c(Br)s2)O1. The maximum Gasteiger partial charge on any atom is 0.0887 e. The number of ether oxygens (including phenoxy) is 1. The number of halogens is 3. The summed E-state index contributed by atoms with van der Waals surface area (Å²) in [6.07, 6.45) is 2.92. The Bertz CT molecular complexity index is 336. The van der Waals surface area contributed by atoms with Crippen LogP contribution in [0.4, 0.5) is 0 Å². The number of hydrogen-bond acceptors (Lipinski definition) is 2. The highest BCUT2D eigenvalue weighted by atomic mass is 79.9. The van der Waals surface area contributed by atoms with Crippen LogP contribution in [0.25, 0.3) is 0 Å². The third-order valence-corrected chi connectivity index (χ3v) is 6.47. The summed E-state index contributed by atoms with van der Waals surface area (Å²) in [5.41, 5.74) is 0. The van der Waals surface area contributed by atoms with Gasteiger partial charge in [-0.3, -0.25) is 0 Å². The van der Waals surface area contributed by atoms with Gasteiger partial charge >= 0.3 is 0 Å². The standard InChI is InChI=1S/C10H11Br2ClOS/c1-5-2-3-7(14-5)9(11)8-4-6(13)10(12)15-8/h4-5,7,9H,2-3H2,1H3. The minimum Gasteiger partial charge on any atom is -0.374 e. The lowest BCUT2D eigenvalue weighted by atomic mass is 10.1. The monoisotopic (exact) mass is 372 g/mol. The van der Waals surface area contributed by atoms with Crippen molar-refractivity contribution in [1.29, 1.82) is 0 Å². The number of rotatable bonds is 2. The fraction of sp³-hybridized carbons (Fsp3) is 0.600. The molecule has 1 aliphatic heterocycles. The molecule has 2 rings (SSSR count). The molecule has 15 heavy (non-hydrogen) atoms. The van der Waals surface area contributed by atoms with Gasteiger partial charge in [0.05, 0.1) is 25.8 Å². The highest BCUT2D eigenvalue weighted by molar-refractivity contribution is 9.11. The van der Waals surface area contributed by atoms with Gasteiger partial charge in [0.25, 0.3) is 0 Å². The first-order valence-electron chi connectivity index (χ1n) is 4.82. The molecule has 0 N–H and O–H groups in total. The van der Waals surface area contributed by atoms with Crippen LogP contribution in [0.15, 0.2) is 9.85 Å². The molecule has 1 aliphatic rings. The van der Waals surface area contributed by atoms with Gasteiger partial charge in [0.15, 0.2) is 0 Å². The Balaban J connectivity index is 2.10. The van der Waals surface area contributed by atoms with Crippen LogP contribution in [-0.2, 0) is 4.74 Å². The van der Waals surface area contributed by atoms with Crippen LogP contribution in [0, 0.1) is 0 Å². The molecule has 1 aromatic heterocycles. The Morgan fingerprint density at radius 2 is 2.33 bits per heavy atom. The van der Waals surface area contributed by atoms with Gasteiger partial charge in [-0.25, -0.2) is 0 Å². The van der Waals surface area contributed by atoms with Crippen molar-refractivity contribution in [3.05, 3.63) is 19.8 Å². The van der Waals surface area contributed by atoms with E-state index in [1.54, 1.807) is 11.3 Å². The molecular formula is C10H11Br2ClOS. The van der Waals surface area contributed by atoms with E-state index in [0.717, 1.165) is 21.7 Å². The van der Waals surface area contributed by atoms with E-state index in [1.165, 1.54) is 4.88 Å². The highest BCUT2D eigenvalue weighted by Crippen LogP contribution is 2.43. The third kappa shape index (κ3) is 2.78. The van der Waals surface area contributed by atoms with Crippen molar-refractivity contribution in [2.24, 2.45) is 0 Å². The largest absolute Gasteiger partial charge is 0.374 e. The summed E-state index contributed by atoms with van der Waals surface area (Å²) in [7, 11) is 0. The predicted octanol–water partition coefficient (Wildman–Crippen LogP) is 5.17. The van der Waals surface area contributed by atoms with Gasteiger partial charge in [-0.05, 0) is 41.8 Å². The summed E-state index contributed by atoms with van der Waals surface area (Å²) < 4.78 is 6.82. The Morgan fingerprint density at radius 1 is 1.60 bits per heavy atom. The van der Waals surface area contributed by atoms with E-state index in [4.69, 9.17) is 16.3 Å². The van der Waals surface area contributed by atoms with Crippen LogP contribution in [-0.4, -0.2) is 12.2 Å². The molecule has 3 atom stereocenters. The molecule has 1 aromatic rings. The van der Waals surface area contributed by atoms with Crippen molar-refractivity contribution in [2.75, 3.05) is 0 Å². The van der Waals surface area contributed by atoms with E-state index in [-0.39, 0.29) is 10.9 Å². The Kier molecular flexibility index (Phi) is 4.16. The van der Waals surface area contributed by atoms with Gasteiger partial charge in [-0.15, -0.1) is 11.3 Å². The zero-order chi connectivity index (χ0) is 11.0. The molecule has 5 heteroatoms. The zero-order valence-electron chi connectivity index (χ0n) is 8.17. The van der Waals surface area contributed by atoms with E-state index in [1.807, 2.05) is 6.07 Å². The molecular weight excluding hydrogens is 363 g/mol. The molecule has 0 bridgehead atoms. The first-order chi connectivity index (χ1) is 7.08. The maximum absolute atomic E-state index is 6.01. The molecule has 0 radical (unpaired) electrons. The lowest BCUT2D eigenvalue weighted by Gasteiger charge is -2.16. The second-order valence-corrected chi connectivity index (χ2v) is 7.53. The maximum atomic E-state index is 6.01. The van der Waals surface area contributed by atoms with Gasteiger partial charge in [-0.1, -0.05) is 27.5 Å². The van der Waals surface area contributed by atoms with Gasteiger partial charge in [0, 0.05) is 4.88 Å². The fourth-order valence-corrected chi connectivity index (χ4v) is 4.31. The molecule has 2 heterocycles.